The van der Waals surface area contributed by atoms with Crippen LogP contribution in [0.15, 0.2) is 36.4 Å². The van der Waals surface area contributed by atoms with Crippen molar-refractivity contribution < 1.29 is 18.7 Å². The van der Waals surface area contributed by atoms with Gasteiger partial charge in [-0.15, -0.1) is 11.3 Å². The third-order valence-electron chi connectivity index (χ3n) is 4.17. The molecule has 1 aromatic heterocycles. The minimum absolute atomic E-state index is 0.0880. The van der Waals surface area contributed by atoms with E-state index in [2.05, 4.69) is 0 Å². The van der Waals surface area contributed by atoms with E-state index < -0.39 is 0 Å². The molecule has 0 aliphatic rings. The molecule has 0 radical (unpaired) electrons. The van der Waals surface area contributed by atoms with Gasteiger partial charge in [-0.2, -0.15) is 0 Å². The van der Waals surface area contributed by atoms with Crippen LogP contribution in [-0.4, -0.2) is 18.4 Å². The van der Waals surface area contributed by atoms with Crippen LogP contribution in [0.1, 0.15) is 53.2 Å². The summed E-state index contributed by atoms with van der Waals surface area (Å²) >= 11 is 1.51. The Hall–Kier alpha value is -2.01. The molecule has 0 bridgehead atoms. The van der Waals surface area contributed by atoms with Gasteiger partial charge in [-0.1, -0.05) is 19.1 Å². The third-order valence-corrected chi connectivity index (χ3v) is 5.36. The van der Waals surface area contributed by atoms with E-state index in [0.29, 0.717) is 25.9 Å². The van der Waals surface area contributed by atoms with Crippen LogP contribution < -0.4 is 0 Å². The summed E-state index contributed by atoms with van der Waals surface area (Å²) in [6.07, 6.45) is 3.08. The van der Waals surface area contributed by atoms with Gasteiger partial charge in [0.15, 0.2) is 5.78 Å². The number of halogens is 1. The zero-order chi connectivity index (χ0) is 18.9. The Morgan fingerprint density at radius 1 is 1.19 bits per heavy atom. The van der Waals surface area contributed by atoms with Gasteiger partial charge in [0.1, 0.15) is 5.82 Å². The number of esters is 1. The molecule has 0 aliphatic carbocycles. The van der Waals surface area contributed by atoms with Gasteiger partial charge in [0.2, 0.25) is 0 Å². The average Bonchev–Trinajstić information content (AvgIpc) is 3.07. The summed E-state index contributed by atoms with van der Waals surface area (Å²) in [4.78, 5) is 25.7. The van der Waals surface area contributed by atoms with Crippen LogP contribution in [0, 0.1) is 11.7 Å². The normalized spacial score (nSPS) is 12.0. The lowest BCUT2D eigenvalue weighted by molar-refractivity contribution is -0.144. The molecule has 0 fully saturated rings. The fraction of sp³-hybridized carbons (Fsp3) is 0.429. The number of ketones is 1. The Bertz CT molecular complexity index is 738. The minimum atomic E-state index is -0.273. The number of hydrogen-bond donors (Lipinski definition) is 0. The lowest BCUT2D eigenvalue weighted by Crippen LogP contribution is -2.09. The first-order valence-corrected chi connectivity index (χ1v) is 9.81. The zero-order valence-electron chi connectivity index (χ0n) is 15.3. The Labute approximate surface area is 158 Å². The predicted molar refractivity (Wildman–Crippen MR) is 102 cm³/mol. The van der Waals surface area contributed by atoms with E-state index in [4.69, 9.17) is 4.74 Å². The van der Waals surface area contributed by atoms with Crippen molar-refractivity contribution in [1.29, 1.82) is 0 Å². The largest absolute Gasteiger partial charge is 0.466 e. The number of carbonyl (C=O) groups excluding carboxylic acids is 2. The molecule has 5 heteroatoms. The Kier molecular flexibility index (Phi) is 7.98. The van der Waals surface area contributed by atoms with Crippen molar-refractivity contribution in [3.8, 4) is 0 Å². The highest BCUT2D eigenvalue weighted by atomic mass is 32.1. The maximum absolute atomic E-state index is 13.2. The van der Waals surface area contributed by atoms with E-state index in [0.717, 1.165) is 28.2 Å². The molecular formula is C21H25FO3S. The van der Waals surface area contributed by atoms with Gasteiger partial charge in [-0.05, 0) is 61.9 Å². The molecule has 1 heterocycles. The van der Waals surface area contributed by atoms with E-state index in [9.17, 15) is 14.0 Å². The number of ether oxygens (including phenoxy) is 1. The van der Waals surface area contributed by atoms with Crippen molar-refractivity contribution >= 4 is 23.1 Å². The summed E-state index contributed by atoms with van der Waals surface area (Å²) in [6.45, 7) is 4.26. The molecule has 2 aromatic rings. The zero-order valence-corrected chi connectivity index (χ0v) is 16.1. The van der Waals surface area contributed by atoms with Crippen LogP contribution in [0.5, 0.6) is 0 Å². The van der Waals surface area contributed by atoms with Gasteiger partial charge in [0, 0.05) is 17.7 Å². The van der Waals surface area contributed by atoms with Crippen molar-refractivity contribution in [2.24, 2.45) is 5.92 Å². The van der Waals surface area contributed by atoms with E-state index in [1.54, 1.807) is 13.0 Å². The molecule has 0 saturated heterocycles. The smallest absolute Gasteiger partial charge is 0.306 e. The molecule has 3 nitrogen and oxygen atoms in total. The van der Waals surface area contributed by atoms with Gasteiger partial charge >= 0.3 is 5.97 Å². The highest BCUT2D eigenvalue weighted by molar-refractivity contribution is 7.14. The molecule has 0 spiro atoms. The molecule has 1 atom stereocenters. The second-order valence-electron chi connectivity index (χ2n) is 6.47. The summed E-state index contributed by atoms with van der Waals surface area (Å²) in [5.74, 6) is -0.0851. The first-order valence-electron chi connectivity index (χ1n) is 9.00. The fourth-order valence-electron chi connectivity index (χ4n) is 2.73. The van der Waals surface area contributed by atoms with E-state index in [1.165, 1.54) is 23.5 Å². The number of benzene rings is 1. The topological polar surface area (TPSA) is 43.4 Å². The van der Waals surface area contributed by atoms with Gasteiger partial charge in [0.05, 0.1) is 11.5 Å². The number of hydrogen-bond acceptors (Lipinski definition) is 4. The first kappa shape index (κ1) is 20.3. The number of thiophene rings is 1. The highest BCUT2D eigenvalue weighted by Gasteiger charge is 2.13. The maximum atomic E-state index is 13.2. The monoisotopic (exact) mass is 376 g/mol. The molecule has 1 aromatic carbocycles. The van der Waals surface area contributed by atoms with Crippen LogP contribution >= 0.6 is 11.3 Å². The van der Waals surface area contributed by atoms with Crippen molar-refractivity contribution in [1.82, 2.24) is 0 Å². The molecule has 0 aliphatic heterocycles. The summed E-state index contributed by atoms with van der Waals surface area (Å²) in [7, 11) is 0. The highest BCUT2D eigenvalue weighted by Crippen LogP contribution is 2.22. The SMILES string of the molecule is CCOC(=O)CC(C)CCc1ccc(C(=O)CCc2cccc(F)c2)s1. The van der Waals surface area contributed by atoms with Crippen LogP contribution in [-0.2, 0) is 22.4 Å². The average molecular weight is 376 g/mol. The molecule has 0 amide bonds. The van der Waals surface area contributed by atoms with Gasteiger partial charge < -0.3 is 4.74 Å². The molecular weight excluding hydrogens is 351 g/mol. The summed E-state index contributed by atoms with van der Waals surface area (Å²) in [6, 6.07) is 10.2. The van der Waals surface area contributed by atoms with Gasteiger partial charge in [-0.3, -0.25) is 9.59 Å². The third kappa shape index (κ3) is 6.71. The number of aryl methyl sites for hydroxylation is 2. The van der Waals surface area contributed by atoms with E-state index in [-0.39, 0.29) is 23.5 Å². The summed E-state index contributed by atoms with van der Waals surface area (Å²) in [5.41, 5.74) is 0.836. The molecule has 140 valence electrons. The quantitative estimate of drug-likeness (QED) is 0.421. The Morgan fingerprint density at radius 3 is 2.73 bits per heavy atom. The standard InChI is InChI=1S/C21H25FO3S/c1-3-25-21(24)13-15(2)7-9-18-10-12-20(26-18)19(23)11-8-16-5-4-6-17(22)14-16/h4-6,10,12,14-15H,3,7-9,11,13H2,1-2H3. The van der Waals surface area contributed by atoms with Crippen LogP contribution in [0.2, 0.25) is 0 Å². The maximum Gasteiger partial charge on any atom is 0.306 e. The number of carbonyl (C=O) groups is 2. The molecule has 2 rings (SSSR count). The van der Waals surface area contributed by atoms with Gasteiger partial charge in [-0.25, -0.2) is 4.39 Å². The van der Waals surface area contributed by atoms with Crippen molar-refractivity contribution in [2.45, 2.75) is 46.0 Å². The number of Topliss-reactive ketones (excluding diaryl/α,β-unsaturated/α-hetero) is 1. The van der Waals surface area contributed by atoms with Gasteiger partial charge in [0.25, 0.3) is 0 Å². The molecule has 0 saturated carbocycles. The molecule has 1 unspecified atom stereocenters. The van der Waals surface area contributed by atoms with Crippen LogP contribution in [0.4, 0.5) is 4.39 Å². The van der Waals surface area contributed by atoms with E-state index >= 15 is 0 Å². The summed E-state index contributed by atoms with van der Waals surface area (Å²) in [5, 5.41) is 0. The lowest BCUT2D eigenvalue weighted by atomic mass is 10.0. The van der Waals surface area contributed by atoms with Crippen molar-refractivity contribution in [2.75, 3.05) is 6.61 Å². The predicted octanol–water partition coefficient (Wildman–Crippen LogP) is 5.22. The lowest BCUT2D eigenvalue weighted by Gasteiger charge is -2.09. The Morgan fingerprint density at radius 2 is 2.00 bits per heavy atom. The van der Waals surface area contributed by atoms with E-state index in [1.807, 2.05) is 25.1 Å². The number of rotatable bonds is 10. The van der Waals surface area contributed by atoms with Crippen LogP contribution in [0.25, 0.3) is 0 Å². The summed E-state index contributed by atoms with van der Waals surface area (Å²) < 4.78 is 18.1. The van der Waals surface area contributed by atoms with Crippen molar-refractivity contribution in [3.63, 3.8) is 0 Å². The molecule has 26 heavy (non-hydrogen) atoms. The molecule has 0 N–H and O–H groups in total. The minimum Gasteiger partial charge on any atom is -0.466 e. The first-order chi connectivity index (χ1) is 12.5. The van der Waals surface area contributed by atoms with Crippen LogP contribution in [0.3, 0.4) is 0 Å². The van der Waals surface area contributed by atoms with Crippen molar-refractivity contribution in [3.05, 3.63) is 57.5 Å². The second kappa shape index (κ2) is 10.2. The second-order valence-corrected chi connectivity index (χ2v) is 7.64. The Balaban J connectivity index is 1.79. The fourth-order valence-corrected chi connectivity index (χ4v) is 3.72.